The Hall–Kier alpha value is -1.61. The number of aromatic nitrogens is 1. The Bertz CT molecular complexity index is 732. The first kappa shape index (κ1) is 15.3. The van der Waals surface area contributed by atoms with Gasteiger partial charge in [-0.3, -0.25) is 4.79 Å². The van der Waals surface area contributed by atoms with Crippen LogP contribution in [0.4, 0.5) is 0 Å². The Labute approximate surface area is 132 Å². The minimum atomic E-state index is 0.0687. The number of pyridine rings is 1. The minimum absolute atomic E-state index is 0.0687. The largest absolute Gasteiger partial charge is 0.340 e. The predicted octanol–water partition coefficient (Wildman–Crippen LogP) is 2.79. The summed E-state index contributed by atoms with van der Waals surface area (Å²) in [7, 11) is 0. The molecule has 1 fully saturated rings. The highest BCUT2D eigenvalue weighted by Gasteiger charge is 2.24. The molecule has 3 heteroatoms. The average molecular weight is 299 g/mol. The molecule has 1 aromatic carbocycles. The van der Waals surface area contributed by atoms with E-state index in [0.717, 1.165) is 34.5 Å². The van der Waals surface area contributed by atoms with Crippen molar-refractivity contribution in [2.75, 3.05) is 0 Å². The van der Waals surface area contributed by atoms with Crippen LogP contribution >= 0.6 is 0 Å². The Kier molecular flexibility index (Phi) is 4.34. The second-order valence-corrected chi connectivity index (χ2v) is 7.04. The number of quaternary nitrogens is 1. The summed E-state index contributed by atoms with van der Waals surface area (Å²) in [6.45, 7) is 7.29. The number of nitrogens with two attached hydrogens (primary N) is 1. The molecule has 1 saturated carbocycles. The van der Waals surface area contributed by atoms with E-state index in [1.807, 2.05) is 0 Å². The SMILES string of the molecule is Cc1cc(C)c2[nH]c(=O)c(C[NH2+][C@H]3CCCC[C@H]3C)cc2c1. The lowest BCUT2D eigenvalue weighted by Gasteiger charge is -2.26. The van der Waals surface area contributed by atoms with Crippen molar-refractivity contribution in [1.29, 1.82) is 0 Å². The number of aryl methyl sites for hydroxylation is 2. The molecular weight excluding hydrogens is 272 g/mol. The molecule has 118 valence electrons. The lowest BCUT2D eigenvalue weighted by atomic mass is 9.86. The molecule has 3 rings (SSSR count). The van der Waals surface area contributed by atoms with E-state index in [1.54, 1.807) is 0 Å². The fraction of sp³-hybridized carbons (Fsp3) is 0.526. The van der Waals surface area contributed by atoms with Gasteiger partial charge in [0.15, 0.2) is 0 Å². The highest BCUT2D eigenvalue weighted by molar-refractivity contribution is 5.82. The second-order valence-electron chi connectivity index (χ2n) is 7.04. The van der Waals surface area contributed by atoms with Crippen molar-refractivity contribution < 1.29 is 5.32 Å². The van der Waals surface area contributed by atoms with Gasteiger partial charge in [-0.05, 0) is 56.2 Å². The van der Waals surface area contributed by atoms with Crippen LogP contribution in [0.3, 0.4) is 0 Å². The molecule has 0 saturated heterocycles. The first-order valence-electron chi connectivity index (χ1n) is 8.51. The predicted molar refractivity (Wildman–Crippen MR) is 91.1 cm³/mol. The van der Waals surface area contributed by atoms with Gasteiger partial charge in [-0.25, -0.2) is 0 Å². The van der Waals surface area contributed by atoms with Crippen LogP contribution in [0.1, 0.15) is 49.3 Å². The zero-order valence-electron chi connectivity index (χ0n) is 13.9. The summed E-state index contributed by atoms with van der Waals surface area (Å²) < 4.78 is 0. The third-order valence-corrected chi connectivity index (χ3v) is 5.19. The number of H-pyrrole nitrogens is 1. The molecule has 0 unspecified atom stereocenters. The third-order valence-electron chi connectivity index (χ3n) is 5.19. The van der Waals surface area contributed by atoms with E-state index in [-0.39, 0.29) is 5.56 Å². The number of hydrogen-bond donors (Lipinski definition) is 2. The third kappa shape index (κ3) is 3.09. The van der Waals surface area contributed by atoms with Crippen LogP contribution in [0.2, 0.25) is 0 Å². The topological polar surface area (TPSA) is 49.5 Å². The molecule has 0 bridgehead atoms. The minimum Gasteiger partial charge on any atom is -0.340 e. The maximum Gasteiger partial charge on any atom is 0.257 e. The molecule has 3 nitrogen and oxygen atoms in total. The molecule has 22 heavy (non-hydrogen) atoms. The molecule has 2 aromatic rings. The number of benzene rings is 1. The lowest BCUT2D eigenvalue weighted by molar-refractivity contribution is -0.712. The van der Waals surface area contributed by atoms with Gasteiger partial charge < -0.3 is 10.3 Å². The number of fused-ring (bicyclic) bond motifs is 1. The standard InChI is InChI=1S/C19H26N2O/c1-12-8-14(3)18-15(9-12)10-16(19(22)21-18)11-20-17-7-5-4-6-13(17)2/h8-10,13,17,20H,4-7,11H2,1-3H3,(H,21,22)/p+1/t13-,17+/m1/s1. The summed E-state index contributed by atoms with van der Waals surface area (Å²) in [4.78, 5) is 15.4. The van der Waals surface area contributed by atoms with E-state index in [9.17, 15) is 4.79 Å². The summed E-state index contributed by atoms with van der Waals surface area (Å²) >= 11 is 0. The monoisotopic (exact) mass is 299 g/mol. The molecule has 1 aliphatic carbocycles. The highest BCUT2D eigenvalue weighted by Crippen LogP contribution is 2.21. The summed E-state index contributed by atoms with van der Waals surface area (Å²) in [6.07, 6.45) is 5.30. The lowest BCUT2D eigenvalue weighted by Crippen LogP contribution is -2.90. The molecule has 2 atom stereocenters. The van der Waals surface area contributed by atoms with Crippen molar-refractivity contribution in [1.82, 2.24) is 4.98 Å². The van der Waals surface area contributed by atoms with Crippen molar-refractivity contribution in [3.05, 3.63) is 45.2 Å². The van der Waals surface area contributed by atoms with Crippen molar-refractivity contribution in [2.24, 2.45) is 5.92 Å². The van der Waals surface area contributed by atoms with Crippen LogP contribution in [0, 0.1) is 19.8 Å². The first-order chi connectivity index (χ1) is 10.5. The molecular formula is C19H27N2O+. The van der Waals surface area contributed by atoms with Crippen LogP contribution in [0.5, 0.6) is 0 Å². The van der Waals surface area contributed by atoms with E-state index >= 15 is 0 Å². The van der Waals surface area contributed by atoms with Gasteiger partial charge in [-0.1, -0.05) is 25.0 Å². The molecule has 3 N–H and O–H groups in total. The Morgan fingerprint density at radius 2 is 1.95 bits per heavy atom. The van der Waals surface area contributed by atoms with E-state index in [4.69, 9.17) is 0 Å². The van der Waals surface area contributed by atoms with E-state index in [0.29, 0.717) is 6.04 Å². The maximum absolute atomic E-state index is 12.3. The molecule has 0 radical (unpaired) electrons. The molecule has 1 aromatic heterocycles. The van der Waals surface area contributed by atoms with Gasteiger partial charge in [0.1, 0.15) is 6.54 Å². The van der Waals surface area contributed by atoms with Crippen molar-refractivity contribution in [2.45, 2.75) is 59.0 Å². The van der Waals surface area contributed by atoms with Crippen molar-refractivity contribution in [3.8, 4) is 0 Å². The quantitative estimate of drug-likeness (QED) is 0.899. The first-order valence-corrected chi connectivity index (χ1v) is 8.51. The van der Waals surface area contributed by atoms with E-state index in [2.05, 4.69) is 49.3 Å². The maximum atomic E-state index is 12.3. The van der Waals surface area contributed by atoms with Gasteiger partial charge in [0.25, 0.3) is 5.56 Å². The summed E-state index contributed by atoms with van der Waals surface area (Å²) in [5, 5.41) is 3.53. The summed E-state index contributed by atoms with van der Waals surface area (Å²) in [5.74, 6) is 0.762. The fourth-order valence-corrected chi connectivity index (χ4v) is 3.86. The van der Waals surface area contributed by atoms with Gasteiger partial charge in [0, 0.05) is 5.92 Å². The van der Waals surface area contributed by atoms with Crippen LogP contribution in [-0.4, -0.2) is 11.0 Å². The van der Waals surface area contributed by atoms with Gasteiger partial charge in [0.2, 0.25) is 0 Å². The Balaban J connectivity index is 1.84. The van der Waals surface area contributed by atoms with Crippen LogP contribution in [-0.2, 0) is 6.54 Å². The zero-order valence-corrected chi connectivity index (χ0v) is 13.9. The van der Waals surface area contributed by atoms with Gasteiger partial charge >= 0.3 is 0 Å². The number of nitrogens with one attached hydrogen (secondary N) is 1. The molecule has 0 amide bonds. The van der Waals surface area contributed by atoms with Crippen LogP contribution in [0.25, 0.3) is 10.9 Å². The summed E-state index contributed by atoms with van der Waals surface area (Å²) in [6, 6.07) is 7.03. The van der Waals surface area contributed by atoms with Crippen LogP contribution in [0.15, 0.2) is 23.0 Å². The Morgan fingerprint density at radius 3 is 2.73 bits per heavy atom. The van der Waals surface area contributed by atoms with Gasteiger partial charge in [-0.2, -0.15) is 0 Å². The molecule has 1 heterocycles. The van der Waals surface area contributed by atoms with E-state index < -0.39 is 0 Å². The zero-order chi connectivity index (χ0) is 15.7. The molecule has 1 aliphatic rings. The number of rotatable bonds is 3. The van der Waals surface area contributed by atoms with Gasteiger partial charge in [-0.15, -0.1) is 0 Å². The molecule has 0 spiro atoms. The molecule has 0 aliphatic heterocycles. The van der Waals surface area contributed by atoms with Crippen LogP contribution < -0.4 is 10.9 Å². The fourth-order valence-electron chi connectivity index (χ4n) is 3.86. The number of hydrogen-bond acceptors (Lipinski definition) is 1. The number of aromatic amines is 1. The summed E-state index contributed by atoms with van der Waals surface area (Å²) in [5.41, 5.74) is 4.33. The van der Waals surface area contributed by atoms with Crippen molar-refractivity contribution >= 4 is 10.9 Å². The normalized spacial score (nSPS) is 22.1. The second kappa shape index (κ2) is 6.25. The smallest absolute Gasteiger partial charge is 0.257 e. The van der Waals surface area contributed by atoms with Crippen molar-refractivity contribution in [3.63, 3.8) is 0 Å². The highest BCUT2D eigenvalue weighted by atomic mass is 16.1. The van der Waals surface area contributed by atoms with Gasteiger partial charge in [0.05, 0.1) is 17.1 Å². The average Bonchev–Trinajstić information content (AvgIpc) is 2.47. The Morgan fingerprint density at radius 1 is 1.18 bits per heavy atom. The van der Waals surface area contributed by atoms with E-state index in [1.165, 1.54) is 31.2 Å².